The van der Waals surface area contributed by atoms with E-state index in [0.29, 0.717) is 31.6 Å². The summed E-state index contributed by atoms with van der Waals surface area (Å²) in [5.41, 5.74) is 0. The molecule has 4 unspecified atom stereocenters. The van der Waals surface area contributed by atoms with Crippen LogP contribution in [0, 0.1) is 17.8 Å². The average molecular weight is 1500 g/mol. The van der Waals surface area contributed by atoms with Crippen LogP contribution in [0.5, 0.6) is 0 Å². The first-order valence-electron chi connectivity index (χ1n) is 42.7. The number of allylic oxidation sites excluding steroid dienone is 4. The number of ether oxygens (including phenoxy) is 4. The van der Waals surface area contributed by atoms with E-state index >= 15 is 0 Å². The summed E-state index contributed by atoms with van der Waals surface area (Å²) in [6.45, 7) is 11.9. The molecule has 3 N–H and O–H groups in total. The smallest absolute Gasteiger partial charge is 0.462 e. The van der Waals surface area contributed by atoms with Gasteiger partial charge in [-0.05, 0) is 69.1 Å². The number of esters is 4. The van der Waals surface area contributed by atoms with Gasteiger partial charge in [-0.2, -0.15) is 0 Å². The molecule has 0 aliphatic heterocycles. The number of hydrogen-bond donors (Lipinski definition) is 3. The molecule has 0 rings (SSSR count). The van der Waals surface area contributed by atoms with Crippen molar-refractivity contribution >= 4 is 39.5 Å². The van der Waals surface area contributed by atoms with Gasteiger partial charge in [0, 0.05) is 25.7 Å². The summed E-state index contributed by atoms with van der Waals surface area (Å²) in [5, 5.41) is 10.7. The zero-order valence-corrected chi connectivity index (χ0v) is 69.1. The molecule has 6 atom stereocenters. The Morgan fingerprint density at radius 3 is 0.864 bits per heavy atom. The van der Waals surface area contributed by atoms with Crippen molar-refractivity contribution in [3.8, 4) is 0 Å². The molecular formula is C84H160O17P2. The fourth-order valence-electron chi connectivity index (χ4n) is 12.4. The molecule has 0 radical (unpaired) electrons. The lowest BCUT2D eigenvalue weighted by atomic mass is 9.99. The normalized spacial score (nSPS) is 14.3. The maximum Gasteiger partial charge on any atom is 0.472 e. The Morgan fingerprint density at radius 2 is 0.573 bits per heavy atom. The summed E-state index contributed by atoms with van der Waals surface area (Å²) in [6.07, 6.45) is 66.1. The zero-order chi connectivity index (χ0) is 75.8. The molecule has 0 saturated heterocycles. The Labute approximate surface area is 631 Å². The molecule has 0 aliphatic rings. The molecule has 19 heteroatoms. The highest BCUT2D eigenvalue weighted by molar-refractivity contribution is 7.47. The van der Waals surface area contributed by atoms with Crippen LogP contribution in [0.25, 0.3) is 0 Å². The highest BCUT2D eigenvalue weighted by Gasteiger charge is 2.30. The van der Waals surface area contributed by atoms with Crippen molar-refractivity contribution in [2.45, 2.75) is 433 Å². The second kappa shape index (κ2) is 73.7. The number of phosphoric acid groups is 2. The van der Waals surface area contributed by atoms with Crippen LogP contribution in [-0.4, -0.2) is 96.7 Å². The van der Waals surface area contributed by atoms with Crippen LogP contribution in [0.3, 0.4) is 0 Å². The first kappa shape index (κ1) is 101. The van der Waals surface area contributed by atoms with E-state index in [1.54, 1.807) is 0 Å². The highest BCUT2D eigenvalue weighted by Crippen LogP contribution is 2.45. The maximum atomic E-state index is 13.1. The molecule has 0 amide bonds. The molecule has 17 nitrogen and oxygen atoms in total. The van der Waals surface area contributed by atoms with Gasteiger partial charge in [-0.15, -0.1) is 0 Å². The number of unbranched alkanes of at least 4 members (excludes halogenated alkanes) is 44. The molecule has 0 aromatic rings. The van der Waals surface area contributed by atoms with Gasteiger partial charge in [-0.1, -0.05) is 362 Å². The molecule has 0 spiro atoms. The van der Waals surface area contributed by atoms with E-state index in [4.69, 9.17) is 37.0 Å². The van der Waals surface area contributed by atoms with Crippen molar-refractivity contribution in [2.75, 3.05) is 39.6 Å². The van der Waals surface area contributed by atoms with E-state index in [9.17, 15) is 43.2 Å². The van der Waals surface area contributed by atoms with Crippen molar-refractivity contribution in [1.29, 1.82) is 0 Å². The van der Waals surface area contributed by atoms with Crippen LogP contribution < -0.4 is 0 Å². The van der Waals surface area contributed by atoms with Crippen molar-refractivity contribution in [3.63, 3.8) is 0 Å². The average Bonchev–Trinajstić information content (AvgIpc) is 1.20. The number of hydrogen-bond acceptors (Lipinski definition) is 15. The van der Waals surface area contributed by atoms with Crippen molar-refractivity contribution in [3.05, 3.63) is 24.3 Å². The number of phosphoric ester groups is 2. The summed E-state index contributed by atoms with van der Waals surface area (Å²) >= 11 is 0. The molecule has 0 aromatic heterocycles. The van der Waals surface area contributed by atoms with Gasteiger partial charge in [0.25, 0.3) is 0 Å². The predicted molar refractivity (Wildman–Crippen MR) is 423 cm³/mol. The summed E-state index contributed by atoms with van der Waals surface area (Å²) in [4.78, 5) is 73.1. The minimum absolute atomic E-state index is 0.0850. The SMILES string of the molecule is CCCCCC/C=C\C=C/CCCCCCCC(=O)O[C@H](COC(=O)CCCCCCCCCCCCCCCC(C)C)COP(=O)(O)OCC(O)COP(=O)(O)OC[C@@H](COC(=O)CCCCCCCCCC(C)C)OC(=O)CCCCCCCCCCCCCCCCCCCCC(C)CC. The third-order valence-electron chi connectivity index (χ3n) is 19.4. The van der Waals surface area contributed by atoms with Crippen molar-refractivity contribution in [1.82, 2.24) is 0 Å². The van der Waals surface area contributed by atoms with E-state index in [2.05, 4.69) is 72.8 Å². The molecular weight excluding hydrogens is 1340 g/mol. The van der Waals surface area contributed by atoms with E-state index < -0.39 is 97.5 Å². The largest absolute Gasteiger partial charge is 0.472 e. The molecule has 0 aromatic carbocycles. The molecule has 0 heterocycles. The number of carbonyl (C=O) groups excluding carboxylic acids is 4. The molecule has 0 fully saturated rings. The summed E-state index contributed by atoms with van der Waals surface area (Å²) < 4.78 is 68.7. The van der Waals surface area contributed by atoms with Crippen molar-refractivity contribution < 1.29 is 80.2 Å². The Bertz CT molecular complexity index is 2090. The van der Waals surface area contributed by atoms with Gasteiger partial charge < -0.3 is 33.8 Å². The summed E-state index contributed by atoms with van der Waals surface area (Å²) in [5.74, 6) is 0.223. The standard InChI is InChI=1S/C84H160O17P2/c1-8-10-11-12-13-14-15-16-21-27-33-38-45-53-60-67-83(88)100-79(71-94-81(86)65-58-51-44-37-32-29-24-25-30-35-41-48-55-62-75(3)4)73-98-102(90,91)96-69-78(85)70-97-103(92,93)99-74-80(72-95-82(87)66-59-52-47-40-42-49-56-63-76(5)6)101-84(89)68-61-54-46-39-34-28-23-20-18-17-19-22-26-31-36-43-50-57-64-77(7)9-2/h14-16,21,75-80,85H,8-13,17-20,22-74H2,1-7H3,(H,90,91)(H,92,93)/b15-14-,21-16-/t77?,78?,79-,80-/m1/s1. The topological polar surface area (TPSA) is 237 Å². The first-order valence-corrected chi connectivity index (χ1v) is 45.7. The first-order chi connectivity index (χ1) is 49.8. The minimum atomic E-state index is -4.97. The summed E-state index contributed by atoms with van der Waals surface area (Å²) in [7, 11) is -9.94. The van der Waals surface area contributed by atoms with Crippen LogP contribution in [0.15, 0.2) is 24.3 Å². The predicted octanol–water partition coefficient (Wildman–Crippen LogP) is 24.9. The van der Waals surface area contributed by atoms with Gasteiger partial charge in [0.15, 0.2) is 12.2 Å². The fraction of sp³-hybridized carbons (Fsp3) is 0.905. The Kier molecular flexibility index (Phi) is 71.9. The Hall–Kier alpha value is -2.46. The lowest BCUT2D eigenvalue weighted by Crippen LogP contribution is -2.30. The minimum Gasteiger partial charge on any atom is -0.462 e. The molecule has 0 aliphatic carbocycles. The monoisotopic (exact) mass is 1500 g/mol. The molecule has 0 bridgehead atoms. The lowest BCUT2D eigenvalue weighted by Gasteiger charge is -2.21. The molecule has 608 valence electrons. The maximum absolute atomic E-state index is 13.1. The van der Waals surface area contributed by atoms with Crippen molar-refractivity contribution in [2.24, 2.45) is 17.8 Å². The van der Waals surface area contributed by atoms with E-state index in [0.717, 1.165) is 121 Å². The highest BCUT2D eigenvalue weighted by atomic mass is 31.2. The molecule has 103 heavy (non-hydrogen) atoms. The third kappa shape index (κ3) is 76.1. The van der Waals surface area contributed by atoms with Gasteiger partial charge in [0.2, 0.25) is 0 Å². The third-order valence-corrected chi connectivity index (χ3v) is 21.3. The van der Waals surface area contributed by atoms with Gasteiger partial charge in [-0.3, -0.25) is 37.3 Å². The molecule has 0 saturated carbocycles. The van der Waals surface area contributed by atoms with Crippen LogP contribution in [0.1, 0.15) is 414 Å². The summed E-state index contributed by atoms with van der Waals surface area (Å²) in [6, 6.07) is 0. The Morgan fingerprint density at radius 1 is 0.320 bits per heavy atom. The van der Waals surface area contributed by atoms with E-state index in [1.807, 2.05) is 0 Å². The number of carbonyl (C=O) groups is 4. The Balaban J connectivity index is 5.23. The van der Waals surface area contributed by atoms with E-state index in [1.165, 1.54) is 205 Å². The number of aliphatic hydroxyl groups excluding tert-OH is 1. The second-order valence-corrected chi connectivity index (χ2v) is 33.6. The lowest BCUT2D eigenvalue weighted by molar-refractivity contribution is -0.161. The van der Waals surface area contributed by atoms with Gasteiger partial charge in [0.1, 0.15) is 19.3 Å². The van der Waals surface area contributed by atoms with Crippen LogP contribution in [0.2, 0.25) is 0 Å². The van der Waals surface area contributed by atoms with Crippen LogP contribution in [0.4, 0.5) is 0 Å². The second-order valence-electron chi connectivity index (χ2n) is 30.7. The fourth-order valence-corrected chi connectivity index (χ4v) is 14.0. The quantitative estimate of drug-likeness (QED) is 0.0169. The zero-order valence-electron chi connectivity index (χ0n) is 67.3. The van der Waals surface area contributed by atoms with E-state index in [-0.39, 0.29) is 25.7 Å². The number of aliphatic hydroxyl groups is 1. The van der Waals surface area contributed by atoms with Gasteiger partial charge >= 0.3 is 39.5 Å². The van der Waals surface area contributed by atoms with Gasteiger partial charge in [0.05, 0.1) is 26.4 Å². The number of rotatable bonds is 80. The van der Waals surface area contributed by atoms with Crippen LogP contribution >= 0.6 is 15.6 Å². The van der Waals surface area contributed by atoms with Crippen LogP contribution in [-0.2, 0) is 65.4 Å². The van der Waals surface area contributed by atoms with Gasteiger partial charge in [-0.25, -0.2) is 9.13 Å².